The van der Waals surface area contributed by atoms with Crippen LogP contribution < -0.4 is 15.5 Å². The number of aromatic nitrogens is 2. The zero-order chi connectivity index (χ0) is 19.4. The summed E-state index contributed by atoms with van der Waals surface area (Å²) in [5.74, 6) is -0.230. The number of hydrogen-bond acceptors (Lipinski definition) is 4. The van der Waals surface area contributed by atoms with E-state index >= 15 is 0 Å². The maximum Gasteiger partial charge on any atom is 0.268 e. The summed E-state index contributed by atoms with van der Waals surface area (Å²) in [5.41, 5.74) is 3.91. The molecule has 0 fully saturated rings. The molecule has 138 valence electrons. The number of methoxy groups -OCH3 is 1. The third-order valence-corrected chi connectivity index (χ3v) is 4.50. The number of carbonyl (C=O) groups excluding carboxylic acids is 1. The van der Waals surface area contributed by atoms with Crippen molar-refractivity contribution in [3.63, 3.8) is 0 Å². The standard InChI is InChI=1S/C21H21N3O3/c1-13-6-7-15(9-14(13)2)20(16-5-4-8-22-11-16)24-21(26)17-10-18(25)19(27-3)12-23-17/h4-12,20H,1-3H3,(H,23,25)(H,24,26). The van der Waals surface area contributed by atoms with Gasteiger partial charge in [-0.3, -0.25) is 14.6 Å². The predicted molar refractivity (Wildman–Crippen MR) is 103 cm³/mol. The Morgan fingerprint density at radius 3 is 2.59 bits per heavy atom. The van der Waals surface area contributed by atoms with Crippen molar-refractivity contribution in [2.75, 3.05) is 7.11 Å². The Bertz CT molecular complexity index is 1010. The van der Waals surface area contributed by atoms with Crippen LogP contribution in [0.4, 0.5) is 0 Å². The van der Waals surface area contributed by atoms with Crippen molar-refractivity contribution in [1.29, 1.82) is 0 Å². The fourth-order valence-electron chi connectivity index (χ4n) is 2.81. The summed E-state index contributed by atoms with van der Waals surface area (Å²) in [7, 11) is 1.41. The lowest BCUT2D eigenvalue weighted by atomic mass is 9.96. The van der Waals surface area contributed by atoms with E-state index in [1.165, 1.54) is 24.9 Å². The number of aryl methyl sites for hydroxylation is 2. The van der Waals surface area contributed by atoms with Crippen LogP contribution in [0.25, 0.3) is 0 Å². The monoisotopic (exact) mass is 363 g/mol. The molecule has 2 aromatic heterocycles. The van der Waals surface area contributed by atoms with Crippen molar-refractivity contribution in [3.8, 4) is 5.75 Å². The minimum atomic E-state index is -0.392. The molecule has 0 saturated carbocycles. The molecular weight excluding hydrogens is 342 g/mol. The van der Waals surface area contributed by atoms with E-state index in [2.05, 4.69) is 15.3 Å². The average molecular weight is 363 g/mol. The molecule has 1 aromatic carbocycles. The summed E-state index contributed by atoms with van der Waals surface area (Å²) in [6, 6.07) is 10.6. The highest BCUT2D eigenvalue weighted by Crippen LogP contribution is 2.24. The topological polar surface area (TPSA) is 84.1 Å². The lowest BCUT2D eigenvalue weighted by molar-refractivity contribution is 0.0937. The molecular formula is C21H21N3O3. The summed E-state index contributed by atoms with van der Waals surface area (Å²) < 4.78 is 4.94. The molecule has 0 bridgehead atoms. The first-order valence-electron chi connectivity index (χ1n) is 8.54. The van der Waals surface area contributed by atoms with Crippen LogP contribution in [0.3, 0.4) is 0 Å². The van der Waals surface area contributed by atoms with Crippen LogP contribution in [0.2, 0.25) is 0 Å². The molecule has 0 radical (unpaired) electrons. The number of nitrogens with zero attached hydrogens (tertiary/aromatic N) is 1. The molecule has 2 N–H and O–H groups in total. The number of benzene rings is 1. The van der Waals surface area contributed by atoms with Crippen LogP contribution >= 0.6 is 0 Å². The zero-order valence-corrected chi connectivity index (χ0v) is 15.4. The van der Waals surface area contributed by atoms with Gasteiger partial charge in [0.1, 0.15) is 5.69 Å². The smallest absolute Gasteiger partial charge is 0.268 e. The average Bonchev–Trinajstić information content (AvgIpc) is 2.68. The van der Waals surface area contributed by atoms with E-state index < -0.39 is 6.04 Å². The van der Waals surface area contributed by atoms with Gasteiger partial charge in [-0.1, -0.05) is 24.3 Å². The van der Waals surface area contributed by atoms with Gasteiger partial charge in [0.2, 0.25) is 5.43 Å². The van der Waals surface area contributed by atoms with Crippen LogP contribution in [0.15, 0.2) is 59.8 Å². The minimum absolute atomic E-state index is 0.157. The summed E-state index contributed by atoms with van der Waals surface area (Å²) >= 11 is 0. The summed E-state index contributed by atoms with van der Waals surface area (Å²) in [6.45, 7) is 4.07. The Labute approximate surface area is 157 Å². The SMILES string of the molecule is COc1c[nH]c(C(=O)NC(c2cccnc2)c2ccc(C)c(C)c2)cc1=O. The molecule has 0 saturated heterocycles. The van der Waals surface area contributed by atoms with Gasteiger partial charge in [-0.05, 0) is 42.2 Å². The maximum absolute atomic E-state index is 12.8. The van der Waals surface area contributed by atoms with Gasteiger partial charge in [0.15, 0.2) is 5.75 Å². The van der Waals surface area contributed by atoms with E-state index in [1.54, 1.807) is 12.4 Å². The molecule has 3 rings (SSSR count). The third kappa shape index (κ3) is 4.06. The molecule has 0 spiro atoms. The third-order valence-electron chi connectivity index (χ3n) is 4.50. The first-order valence-corrected chi connectivity index (χ1v) is 8.54. The van der Waals surface area contributed by atoms with Crippen molar-refractivity contribution in [2.24, 2.45) is 0 Å². The fourth-order valence-corrected chi connectivity index (χ4v) is 2.81. The summed E-state index contributed by atoms with van der Waals surface area (Å²) in [5, 5.41) is 2.99. The van der Waals surface area contributed by atoms with Crippen LogP contribution in [0.5, 0.6) is 5.75 Å². The number of ether oxygens (including phenoxy) is 1. The van der Waals surface area contributed by atoms with Crippen molar-refractivity contribution >= 4 is 5.91 Å². The maximum atomic E-state index is 12.8. The molecule has 0 aliphatic carbocycles. The Balaban J connectivity index is 1.96. The van der Waals surface area contributed by atoms with Gasteiger partial charge in [0, 0.05) is 24.7 Å². The molecule has 0 aliphatic heterocycles. The molecule has 6 heteroatoms. The number of nitrogens with one attached hydrogen (secondary N) is 2. The van der Waals surface area contributed by atoms with E-state index in [-0.39, 0.29) is 22.8 Å². The second-order valence-electron chi connectivity index (χ2n) is 6.32. The molecule has 3 aromatic rings. The highest BCUT2D eigenvalue weighted by atomic mass is 16.5. The second-order valence-corrected chi connectivity index (χ2v) is 6.32. The lowest BCUT2D eigenvalue weighted by Gasteiger charge is -2.20. The van der Waals surface area contributed by atoms with Gasteiger partial charge in [-0.2, -0.15) is 0 Å². The first-order chi connectivity index (χ1) is 13.0. The van der Waals surface area contributed by atoms with Gasteiger partial charge in [-0.25, -0.2) is 0 Å². The Morgan fingerprint density at radius 2 is 1.96 bits per heavy atom. The number of amides is 1. The van der Waals surface area contributed by atoms with Crippen LogP contribution in [0.1, 0.15) is 38.8 Å². The van der Waals surface area contributed by atoms with Crippen molar-refractivity contribution in [1.82, 2.24) is 15.3 Å². The molecule has 0 aliphatic rings. The summed E-state index contributed by atoms with van der Waals surface area (Å²) in [4.78, 5) is 31.7. The molecule has 2 heterocycles. The van der Waals surface area contributed by atoms with E-state index in [0.717, 1.165) is 16.7 Å². The molecule has 1 unspecified atom stereocenters. The Hall–Kier alpha value is -3.41. The van der Waals surface area contributed by atoms with Gasteiger partial charge in [0.05, 0.1) is 13.2 Å². The Kier molecular flexibility index (Phi) is 5.35. The van der Waals surface area contributed by atoms with Crippen molar-refractivity contribution in [2.45, 2.75) is 19.9 Å². The van der Waals surface area contributed by atoms with Gasteiger partial charge in [-0.15, -0.1) is 0 Å². The quantitative estimate of drug-likeness (QED) is 0.730. The zero-order valence-electron chi connectivity index (χ0n) is 15.4. The predicted octanol–water partition coefficient (Wildman–Crippen LogP) is 2.91. The normalized spacial score (nSPS) is 11.7. The minimum Gasteiger partial charge on any atom is -0.491 e. The fraction of sp³-hybridized carbons (Fsp3) is 0.190. The highest BCUT2D eigenvalue weighted by molar-refractivity contribution is 5.92. The van der Waals surface area contributed by atoms with Crippen LogP contribution in [-0.4, -0.2) is 23.0 Å². The van der Waals surface area contributed by atoms with Crippen molar-refractivity contribution in [3.05, 3.63) is 93.2 Å². The number of pyridine rings is 2. The lowest BCUT2D eigenvalue weighted by Crippen LogP contribution is -2.31. The second kappa shape index (κ2) is 7.86. The number of H-pyrrole nitrogens is 1. The van der Waals surface area contributed by atoms with Gasteiger partial charge < -0.3 is 15.0 Å². The van der Waals surface area contributed by atoms with E-state index in [1.807, 2.05) is 44.2 Å². The van der Waals surface area contributed by atoms with Crippen LogP contribution in [0, 0.1) is 13.8 Å². The number of hydrogen-bond donors (Lipinski definition) is 2. The van der Waals surface area contributed by atoms with Crippen LogP contribution in [-0.2, 0) is 0 Å². The largest absolute Gasteiger partial charge is 0.491 e. The van der Waals surface area contributed by atoms with Crippen molar-refractivity contribution < 1.29 is 9.53 Å². The first kappa shape index (κ1) is 18.4. The van der Waals surface area contributed by atoms with Gasteiger partial charge >= 0.3 is 0 Å². The highest BCUT2D eigenvalue weighted by Gasteiger charge is 2.19. The number of aromatic amines is 1. The summed E-state index contributed by atoms with van der Waals surface area (Å²) in [6.07, 6.45) is 4.78. The number of rotatable bonds is 5. The van der Waals surface area contributed by atoms with E-state index in [0.29, 0.717) is 0 Å². The van der Waals surface area contributed by atoms with Gasteiger partial charge in [0.25, 0.3) is 5.91 Å². The molecule has 1 amide bonds. The van der Waals surface area contributed by atoms with E-state index in [4.69, 9.17) is 4.74 Å². The molecule has 1 atom stereocenters. The molecule has 27 heavy (non-hydrogen) atoms. The van der Waals surface area contributed by atoms with E-state index in [9.17, 15) is 9.59 Å². The Morgan fingerprint density at radius 1 is 1.15 bits per heavy atom. The molecule has 6 nitrogen and oxygen atoms in total. The number of carbonyl (C=O) groups is 1.